The lowest BCUT2D eigenvalue weighted by Gasteiger charge is -2.38. The molecule has 2 fully saturated rings. The van der Waals surface area contributed by atoms with Crippen LogP contribution in [0.15, 0.2) is 18.3 Å². The average molecular weight is 393 g/mol. The first-order valence-corrected chi connectivity index (χ1v) is 8.62. The van der Waals surface area contributed by atoms with E-state index in [1.165, 1.54) is 0 Å². The Bertz CT molecular complexity index is 478. The number of hydrogen-bond acceptors (Lipinski definition) is 6. The fourth-order valence-electron chi connectivity index (χ4n) is 3.51. The number of piperidine rings is 1. The summed E-state index contributed by atoms with van der Waals surface area (Å²) < 4.78 is 5.10. The van der Waals surface area contributed by atoms with E-state index in [9.17, 15) is 5.11 Å². The number of methoxy groups -OCH3 is 1. The van der Waals surface area contributed by atoms with Crippen molar-refractivity contribution in [1.82, 2.24) is 15.2 Å². The summed E-state index contributed by atoms with van der Waals surface area (Å²) in [5.41, 5.74) is 1.14. The molecule has 0 aromatic carbocycles. The topological polar surface area (TPSA) is 60.9 Å². The highest BCUT2D eigenvalue weighted by atomic mass is 35.5. The molecule has 2 aliphatic rings. The van der Waals surface area contributed by atoms with Gasteiger partial charge in [0.2, 0.25) is 5.88 Å². The third-order valence-corrected chi connectivity index (χ3v) is 5.04. The van der Waals surface area contributed by atoms with E-state index < -0.39 is 0 Å². The Morgan fingerprint density at radius 3 is 2.44 bits per heavy atom. The molecular formula is C17H30Cl2N4O2. The molecule has 6 nitrogen and oxygen atoms in total. The molecule has 2 aliphatic heterocycles. The van der Waals surface area contributed by atoms with Crippen LogP contribution in [0.2, 0.25) is 0 Å². The predicted octanol–water partition coefficient (Wildman–Crippen LogP) is 1.42. The molecule has 1 aromatic heterocycles. The second-order valence-corrected chi connectivity index (χ2v) is 6.50. The molecule has 2 N–H and O–H groups in total. The van der Waals surface area contributed by atoms with Crippen molar-refractivity contribution in [3.63, 3.8) is 0 Å². The van der Waals surface area contributed by atoms with E-state index >= 15 is 0 Å². The Kier molecular flexibility index (Phi) is 9.82. The molecule has 144 valence electrons. The number of aliphatic hydroxyl groups excluding tert-OH is 1. The summed E-state index contributed by atoms with van der Waals surface area (Å²) in [7, 11) is 1.63. The highest BCUT2D eigenvalue weighted by Crippen LogP contribution is 2.20. The van der Waals surface area contributed by atoms with Gasteiger partial charge in [-0.05, 0) is 37.9 Å². The second-order valence-electron chi connectivity index (χ2n) is 6.50. The number of aromatic nitrogens is 1. The van der Waals surface area contributed by atoms with Crippen LogP contribution in [0.1, 0.15) is 12.8 Å². The highest BCUT2D eigenvalue weighted by molar-refractivity contribution is 5.85. The van der Waals surface area contributed by atoms with Gasteiger partial charge in [0.25, 0.3) is 0 Å². The van der Waals surface area contributed by atoms with Gasteiger partial charge in [-0.3, -0.25) is 4.90 Å². The zero-order valence-corrected chi connectivity index (χ0v) is 16.4. The van der Waals surface area contributed by atoms with Gasteiger partial charge in [0.15, 0.2) is 0 Å². The molecule has 0 amide bonds. The Morgan fingerprint density at radius 1 is 1.20 bits per heavy atom. The molecule has 0 spiro atoms. The molecule has 0 saturated carbocycles. The summed E-state index contributed by atoms with van der Waals surface area (Å²) in [6.45, 7) is 6.83. The zero-order chi connectivity index (χ0) is 16.1. The minimum absolute atomic E-state index is 0. The third-order valence-electron chi connectivity index (χ3n) is 5.04. The van der Waals surface area contributed by atoms with Gasteiger partial charge < -0.3 is 20.1 Å². The number of β-amino-alcohol motifs (C(OH)–C–C–N with tert-alkyl or cyclic N) is 1. The molecule has 3 rings (SSSR count). The number of nitrogens with one attached hydrogen (secondary N) is 1. The maximum absolute atomic E-state index is 10.5. The number of nitrogens with zero attached hydrogens (tertiary/aromatic N) is 3. The smallest absolute Gasteiger partial charge is 0.213 e. The van der Waals surface area contributed by atoms with Crippen LogP contribution in [0.3, 0.4) is 0 Å². The quantitative estimate of drug-likeness (QED) is 0.789. The average Bonchev–Trinajstić information content (AvgIpc) is 2.63. The van der Waals surface area contributed by atoms with E-state index in [0.717, 1.165) is 64.3 Å². The molecule has 2 saturated heterocycles. The van der Waals surface area contributed by atoms with Crippen LogP contribution in [-0.2, 0) is 0 Å². The lowest BCUT2D eigenvalue weighted by atomic mass is 9.92. The van der Waals surface area contributed by atoms with E-state index in [4.69, 9.17) is 4.74 Å². The van der Waals surface area contributed by atoms with Crippen molar-refractivity contribution in [1.29, 1.82) is 0 Å². The van der Waals surface area contributed by atoms with Crippen molar-refractivity contribution in [2.75, 3.05) is 57.8 Å². The Hall–Kier alpha value is -0.790. The van der Waals surface area contributed by atoms with Crippen molar-refractivity contribution in [3.8, 4) is 5.88 Å². The van der Waals surface area contributed by atoms with Gasteiger partial charge in [0.1, 0.15) is 0 Å². The van der Waals surface area contributed by atoms with Gasteiger partial charge in [0.05, 0.1) is 25.1 Å². The Morgan fingerprint density at radius 2 is 1.88 bits per heavy atom. The van der Waals surface area contributed by atoms with E-state index in [0.29, 0.717) is 11.8 Å². The SMILES string of the molecule is COc1ccc(N2CCN(CC(O)C3CCNCC3)CC2)cn1.Cl.Cl. The van der Waals surface area contributed by atoms with Crippen LogP contribution in [0.25, 0.3) is 0 Å². The molecule has 0 bridgehead atoms. The first-order chi connectivity index (χ1) is 11.3. The van der Waals surface area contributed by atoms with Crippen molar-refractivity contribution < 1.29 is 9.84 Å². The van der Waals surface area contributed by atoms with Gasteiger partial charge >= 0.3 is 0 Å². The van der Waals surface area contributed by atoms with Gasteiger partial charge in [-0.15, -0.1) is 24.8 Å². The normalized spacial score (nSPS) is 20.3. The summed E-state index contributed by atoms with van der Waals surface area (Å²) in [5.74, 6) is 1.11. The first-order valence-electron chi connectivity index (χ1n) is 8.62. The fraction of sp³-hybridized carbons (Fsp3) is 0.706. The van der Waals surface area contributed by atoms with Crippen LogP contribution in [-0.4, -0.2) is 74.0 Å². The lowest BCUT2D eigenvalue weighted by Crippen LogP contribution is -2.50. The number of pyridine rings is 1. The second kappa shape index (κ2) is 11.0. The summed E-state index contributed by atoms with van der Waals surface area (Å²) in [6.07, 6.45) is 3.88. The number of anilines is 1. The van der Waals surface area contributed by atoms with E-state index in [-0.39, 0.29) is 30.9 Å². The summed E-state index contributed by atoms with van der Waals surface area (Å²) >= 11 is 0. The Balaban J connectivity index is 0.00000156. The van der Waals surface area contributed by atoms with E-state index in [2.05, 4.69) is 26.2 Å². The Labute approximate surface area is 162 Å². The van der Waals surface area contributed by atoms with Crippen molar-refractivity contribution in [3.05, 3.63) is 18.3 Å². The van der Waals surface area contributed by atoms with Crippen molar-refractivity contribution in [2.45, 2.75) is 18.9 Å². The van der Waals surface area contributed by atoms with Crippen LogP contribution in [0, 0.1) is 5.92 Å². The number of aliphatic hydroxyl groups is 1. The van der Waals surface area contributed by atoms with Crippen LogP contribution in [0.4, 0.5) is 5.69 Å². The monoisotopic (exact) mass is 392 g/mol. The number of ether oxygens (including phenoxy) is 1. The molecule has 8 heteroatoms. The predicted molar refractivity (Wildman–Crippen MR) is 106 cm³/mol. The number of piperazine rings is 1. The van der Waals surface area contributed by atoms with E-state index in [1.54, 1.807) is 7.11 Å². The van der Waals surface area contributed by atoms with Crippen LogP contribution >= 0.6 is 24.8 Å². The largest absolute Gasteiger partial charge is 0.481 e. The summed E-state index contributed by atoms with van der Waals surface area (Å²) in [6, 6.07) is 3.97. The molecular weight excluding hydrogens is 363 g/mol. The fourth-order valence-corrected chi connectivity index (χ4v) is 3.51. The maximum atomic E-state index is 10.5. The highest BCUT2D eigenvalue weighted by Gasteiger charge is 2.25. The standard InChI is InChI=1S/C17H28N4O2.2ClH/c1-23-17-3-2-15(12-19-17)21-10-8-20(9-11-21)13-16(22)14-4-6-18-7-5-14;;/h2-3,12,14,16,18,22H,4-11,13H2,1H3;2*1H. The molecule has 1 aromatic rings. The van der Waals surface area contributed by atoms with Crippen LogP contribution < -0.4 is 15.0 Å². The summed E-state index contributed by atoms with van der Waals surface area (Å²) in [4.78, 5) is 9.01. The molecule has 1 atom stereocenters. The third kappa shape index (κ3) is 6.15. The van der Waals surface area contributed by atoms with E-state index in [1.807, 2.05) is 12.3 Å². The number of hydrogen-bond donors (Lipinski definition) is 2. The van der Waals surface area contributed by atoms with Gasteiger partial charge in [0, 0.05) is 38.8 Å². The molecule has 1 unspecified atom stereocenters. The first kappa shape index (κ1) is 22.3. The minimum Gasteiger partial charge on any atom is -0.481 e. The van der Waals surface area contributed by atoms with Gasteiger partial charge in [-0.25, -0.2) is 4.98 Å². The molecule has 0 aliphatic carbocycles. The van der Waals surface area contributed by atoms with Gasteiger partial charge in [-0.1, -0.05) is 0 Å². The number of rotatable bonds is 5. The summed E-state index contributed by atoms with van der Waals surface area (Å²) in [5, 5.41) is 13.8. The lowest BCUT2D eigenvalue weighted by molar-refractivity contribution is 0.0488. The van der Waals surface area contributed by atoms with Gasteiger partial charge in [-0.2, -0.15) is 0 Å². The molecule has 0 radical (unpaired) electrons. The molecule has 25 heavy (non-hydrogen) atoms. The maximum Gasteiger partial charge on any atom is 0.213 e. The van der Waals surface area contributed by atoms with Crippen molar-refractivity contribution in [2.24, 2.45) is 5.92 Å². The zero-order valence-electron chi connectivity index (χ0n) is 14.8. The minimum atomic E-state index is -0.189. The number of halogens is 2. The van der Waals surface area contributed by atoms with Crippen molar-refractivity contribution >= 4 is 30.5 Å². The molecule has 3 heterocycles. The van der Waals surface area contributed by atoms with Crippen LogP contribution in [0.5, 0.6) is 5.88 Å².